The Morgan fingerprint density at radius 1 is 1.22 bits per heavy atom. The van der Waals surface area contributed by atoms with Crippen LogP contribution >= 0.6 is 0 Å². The van der Waals surface area contributed by atoms with E-state index in [0.717, 1.165) is 18.8 Å². The van der Waals surface area contributed by atoms with Gasteiger partial charge in [-0.05, 0) is 44.4 Å². The minimum atomic E-state index is -0.818. The third-order valence-corrected chi connectivity index (χ3v) is 4.62. The highest BCUT2D eigenvalue weighted by Crippen LogP contribution is 2.29. The maximum Gasteiger partial charge on any atom is 0.240 e. The van der Waals surface area contributed by atoms with Crippen molar-refractivity contribution in [3.63, 3.8) is 0 Å². The van der Waals surface area contributed by atoms with Crippen LogP contribution in [0.5, 0.6) is 0 Å². The van der Waals surface area contributed by atoms with Gasteiger partial charge in [-0.1, -0.05) is 27.2 Å². The molecular formula is C15H26N2O. The predicted molar refractivity (Wildman–Crippen MR) is 72.8 cm³/mol. The van der Waals surface area contributed by atoms with Gasteiger partial charge in [0, 0.05) is 6.04 Å². The number of amides is 1. The van der Waals surface area contributed by atoms with E-state index in [1.165, 1.54) is 19.3 Å². The fraction of sp³-hybridized carbons (Fsp3) is 0.867. The Morgan fingerprint density at radius 3 is 2.17 bits per heavy atom. The van der Waals surface area contributed by atoms with Gasteiger partial charge in [-0.2, -0.15) is 5.26 Å². The Labute approximate surface area is 111 Å². The number of carbonyl (C=O) groups excluding carboxylic acids is 1. The molecule has 1 amide bonds. The second kappa shape index (κ2) is 6.78. The summed E-state index contributed by atoms with van der Waals surface area (Å²) in [6.45, 7) is 6.07. The number of nitriles is 1. The number of hydrogen-bond acceptors (Lipinski definition) is 2. The lowest BCUT2D eigenvalue weighted by Crippen LogP contribution is -2.45. The average molecular weight is 250 g/mol. The summed E-state index contributed by atoms with van der Waals surface area (Å²) in [7, 11) is 0. The highest BCUT2D eigenvalue weighted by molar-refractivity contribution is 5.85. The molecule has 1 N–H and O–H groups in total. The topological polar surface area (TPSA) is 52.9 Å². The highest BCUT2D eigenvalue weighted by atomic mass is 16.2. The summed E-state index contributed by atoms with van der Waals surface area (Å²) < 4.78 is 0. The van der Waals surface area contributed by atoms with Crippen molar-refractivity contribution in [3.8, 4) is 6.07 Å². The number of rotatable bonds is 5. The summed E-state index contributed by atoms with van der Waals surface area (Å²) in [5.74, 6) is 0.770. The SMILES string of the molecule is CCC1CCC(NC(=O)C(C#N)(CC)CC)CC1. The predicted octanol–water partition coefficient (Wildman–Crippen LogP) is 3.40. The van der Waals surface area contributed by atoms with Gasteiger partial charge in [0.25, 0.3) is 0 Å². The van der Waals surface area contributed by atoms with Gasteiger partial charge in [-0.3, -0.25) is 4.79 Å². The van der Waals surface area contributed by atoms with Gasteiger partial charge in [-0.25, -0.2) is 0 Å². The largest absolute Gasteiger partial charge is 0.352 e. The first kappa shape index (κ1) is 15.0. The van der Waals surface area contributed by atoms with Crippen LogP contribution in [0.15, 0.2) is 0 Å². The lowest BCUT2D eigenvalue weighted by molar-refractivity contribution is -0.129. The van der Waals surface area contributed by atoms with Gasteiger partial charge in [0.05, 0.1) is 6.07 Å². The van der Waals surface area contributed by atoms with Crippen LogP contribution in [0, 0.1) is 22.7 Å². The molecule has 1 aliphatic carbocycles. The van der Waals surface area contributed by atoms with E-state index in [4.69, 9.17) is 0 Å². The van der Waals surface area contributed by atoms with E-state index in [1.807, 2.05) is 13.8 Å². The minimum Gasteiger partial charge on any atom is -0.352 e. The minimum absolute atomic E-state index is 0.0602. The van der Waals surface area contributed by atoms with Crippen molar-refractivity contribution in [2.45, 2.75) is 71.8 Å². The Kier molecular flexibility index (Phi) is 5.65. The molecule has 0 bridgehead atoms. The molecule has 0 spiro atoms. The van der Waals surface area contributed by atoms with Crippen molar-refractivity contribution < 1.29 is 4.79 Å². The zero-order valence-corrected chi connectivity index (χ0v) is 12.0. The maximum atomic E-state index is 12.2. The molecule has 0 heterocycles. The van der Waals surface area contributed by atoms with Gasteiger partial charge >= 0.3 is 0 Å². The molecule has 0 radical (unpaired) electrons. The summed E-state index contributed by atoms with van der Waals surface area (Å²) in [4.78, 5) is 12.2. The smallest absolute Gasteiger partial charge is 0.240 e. The Hall–Kier alpha value is -1.04. The van der Waals surface area contributed by atoms with E-state index >= 15 is 0 Å². The molecule has 1 aliphatic rings. The Bertz CT molecular complexity index is 307. The summed E-state index contributed by atoms with van der Waals surface area (Å²) >= 11 is 0. The highest BCUT2D eigenvalue weighted by Gasteiger charge is 2.36. The third kappa shape index (κ3) is 3.25. The molecule has 3 heteroatoms. The first-order valence-corrected chi connectivity index (χ1v) is 7.34. The van der Waals surface area contributed by atoms with E-state index in [0.29, 0.717) is 12.8 Å². The van der Waals surface area contributed by atoms with Crippen LogP contribution in [0.3, 0.4) is 0 Å². The van der Waals surface area contributed by atoms with Crippen LogP contribution in [0.4, 0.5) is 0 Å². The second-order valence-electron chi connectivity index (χ2n) is 5.50. The standard InChI is InChI=1S/C15H26N2O/c1-4-12-7-9-13(10-8-12)17-14(18)15(5-2,6-3)11-16/h12-13H,4-10H2,1-3H3,(H,17,18). The van der Waals surface area contributed by atoms with Crippen LogP contribution in [0.1, 0.15) is 65.7 Å². The van der Waals surface area contributed by atoms with Gasteiger partial charge in [0.15, 0.2) is 0 Å². The number of nitrogens with zero attached hydrogens (tertiary/aromatic N) is 1. The molecule has 0 atom stereocenters. The van der Waals surface area contributed by atoms with E-state index in [-0.39, 0.29) is 11.9 Å². The third-order valence-electron chi connectivity index (χ3n) is 4.62. The molecule has 1 fully saturated rings. The molecule has 0 saturated heterocycles. The van der Waals surface area contributed by atoms with Crippen LogP contribution in [-0.4, -0.2) is 11.9 Å². The van der Waals surface area contributed by atoms with E-state index in [1.54, 1.807) is 0 Å². The summed E-state index contributed by atoms with van der Waals surface area (Å²) in [6.07, 6.45) is 6.98. The molecule has 0 aromatic carbocycles. The fourth-order valence-corrected chi connectivity index (χ4v) is 2.82. The van der Waals surface area contributed by atoms with E-state index in [2.05, 4.69) is 18.3 Å². The molecule has 3 nitrogen and oxygen atoms in total. The maximum absolute atomic E-state index is 12.2. The number of carbonyl (C=O) groups is 1. The zero-order chi connectivity index (χ0) is 13.6. The zero-order valence-electron chi connectivity index (χ0n) is 12.0. The van der Waals surface area contributed by atoms with Crippen molar-refractivity contribution in [1.82, 2.24) is 5.32 Å². The van der Waals surface area contributed by atoms with Crippen LogP contribution in [0.2, 0.25) is 0 Å². The van der Waals surface area contributed by atoms with Gasteiger partial charge in [0.1, 0.15) is 5.41 Å². The lowest BCUT2D eigenvalue weighted by atomic mass is 9.81. The normalized spacial score (nSPS) is 24.3. The van der Waals surface area contributed by atoms with Gasteiger partial charge < -0.3 is 5.32 Å². The molecule has 102 valence electrons. The first-order chi connectivity index (χ1) is 8.61. The molecule has 0 unspecified atom stereocenters. The summed E-state index contributed by atoms with van der Waals surface area (Å²) in [6, 6.07) is 2.50. The van der Waals surface area contributed by atoms with Crippen LogP contribution < -0.4 is 5.32 Å². The first-order valence-electron chi connectivity index (χ1n) is 7.34. The number of nitrogens with one attached hydrogen (secondary N) is 1. The summed E-state index contributed by atoms with van der Waals surface area (Å²) in [5.41, 5.74) is -0.818. The Morgan fingerprint density at radius 2 is 1.78 bits per heavy atom. The molecule has 18 heavy (non-hydrogen) atoms. The van der Waals surface area contributed by atoms with Crippen molar-refractivity contribution >= 4 is 5.91 Å². The quantitative estimate of drug-likeness (QED) is 0.813. The molecule has 0 aromatic rings. The molecule has 0 aromatic heterocycles. The van der Waals surface area contributed by atoms with Crippen molar-refractivity contribution in [2.75, 3.05) is 0 Å². The van der Waals surface area contributed by atoms with Crippen LogP contribution in [-0.2, 0) is 4.79 Å². The fourth-order valence-electron chi connectivity index (χ4n) is 2.82. The molecule has 0 aliphatic heterocycles. The average Bonchev–Trinajstić information content (AvgIpc) is 2.42. The van der Waals surface area contributed by atoms with E-state index < -0.39 is 5.41 Å². The second-order valence-corrected chi connectivity index (χ2v) is 5.50. The lowest BCUT2D eigenvalue weighted by Gasteiger charge is -2.31. The van der Waals surface area contributed by atoms with Crippen LogP contribution in [0.25, 0.3) is 0 Å². The van der Waals surface area contributed by atoms with E-state index in [9.17, 15) is 10.1 Å². The number of hydrogen-bond donors (Lipinski definition) is 1. The molecule has 1 rings (SSSR count). The van der Waals surface area contributed by atoms with Gasteiger partial charge in [-0.15, -0.1) is 0 Å². The molecular weight excluding hydrogens is 224 g/mol. The van der Waals surface area contributed by atoms with Gasteiger partial charge in [0.2, 0.25) is 5.91 Å². The molecule has 1 saturated carbocycles. The Balaban J connectivity index is 2.53. The van der Waals surface area contributed by atoms with Crippen molar-refractivity contribution in [2.24, 2.45) is 11.3 Å². The van der Waals surface area contributed by atoms with Crippen molar-refractivity contribution in [1.29, 1.82) is 5.26 Å². The summed E-state index contributed by atoms with van der Waals surface area (Å²) in [5, 5.41) is 12.3. The van der Waals surface area contributed by atoms with Crippen molar-refractivity contribution in [3.05, 3.63) is 0 Å². The monoisotopic (exact) mass is 250 g/mol.